The van der Waals surface area contributed by atoms with Gasteiger partial charge in [0.15, 0.2) is 0 Å². The summed E-state index contributed by atoms with van der Waals surface area (Å²) in [6.45, 7) is 0.639. The fraction of sp³-hybridized carbons (Fsp3) is 0.167. The molecule has 1 amide bonds. The van der Waals surface area contributed by atoms with Crippen molar-refractivity contribution >= 4 is 6.09 Å². The number of nitrogens with zero attached hydrogens (tertiary/aromatic N) is 2. The second-order valence-corrected chi connectivity index (χ2v) is 6.97. The first-order valence-electron chi connectivity index (χ1n) is 9.45. The topological polar surface area (TPSA) is 73.6 Å². The standard InChI is InChI=1S/C24H20N2O3/c25-15-18-10-11-22(27)21(14-18)23-20-9-5-4-8-19(20)12-13-26(23)24(28)29-16-17-6-2-1-3-7-17/h1-11,14,23,27H,12-13,16H2. The van der Waals surface area contributed by atoms with E-state index < -0.39 is 12.1 Å². The van der Waals surface area contributed by atoms with Crippen molar-refractivity contribution in [2.24, 2.45) is 0 Å². The number of nitriles is 1. The summed E-state index contributed by atoms with van der Waals surface area (Å²) in [5, 5.41) is 19.8. The third-order valence-electron chi connectivity index (χ3n) is 5.17. The van der Waals surface area contributed by atoms with E-state index in [0.717, 1.165) is 16.7 Å². The molecule has 0 saturated carbocycles. The predicted octanol–water partition coefficient (Wildman–Crippen LogP) is 4.55. The van der Waals surface area contributed by atoms with E-state index in [1.165, 1.54) is 6.07 Å². The van der Waals surface area contributed by atoms with Crippen molar-refractivity contribution in [1.82, 2.24) is 4.90 Å². The Balaban J connectivity index is 1.69. The minimum Gasteiger partial charge on any atom is -0.508 e. The van der Waals surface area contributed by atoms with Crippen LogP contribution in [0.15, 0.2) is 72.8 Å². The van der Waals surface area contributed by atoms with Crippen molar-refractivity contribution in [2.45, 2.75) is 19.1 Å². The summed E-state index contributed by atoms with van der Waals surface area (Å²) in [5.41, 5.74) is 3.91. The van der Waals surface area contributed by atoms with Gasteiger partial charge in [-0.2, -0.15) is 5.26 Å². The van der Waals surface area contributed by atoms with E-state index in [0.29, 0.717) is 24.1 Å². The molecule has 3 aromatic carbocycles. The molecule has 0 aliphatic carbocycles. The number of aromatic hydroxyl groups is 1. The average Bonchev–Trinajstić information content (AvgIpc) is 2.78. The molecule has 1 aliphatic heterocycles. The summed E-state index contributed by atoms with van der Waals surface area (Å²) in [6, 6.07) is 23.6. The molecular formula is C24H20N2O3. The van der Waals surface area contributed by atoms with E-state index >= 15 is 0 Å². The lowest BCUT2D eigenvalue weighted by Crippen LogP contribution is -2.41. The molecule has 3 aromatic rings. The van der Waals surface area contributed by atoms with Crippen molar-refractivity contribution in [3.63, 3.8) is 0 Å². The summed E-state index contributed by atoms with van der Waals surface area (Å²) in [6.07, 6.45) is 0.251. The SMILES string of the molecule is N#Cc1ccc(O)c(C2c3ccccc3CCN2C(=O)OCc2ccccc2)c1. The molecule has 1 heterocycles. The van der Waals surface area contributed by atoms with Crippen LogP contribution in [0.5, 0.6) is 5.75 Å². The van der Waals surface area contributed by atoms with E-state index in [1.54, 1.807) is 17.0 Å². The molecule has 0 radical (unpaired) electrons. The molecule has 1 atom stereocenters. The molecule has 144 valence electrons. The molecule has 5 nitrogen and oxygen atoms in total. The van der Waals surface area contributed by atoms with Crippen LogP contribution in [-0.4, -0.2) is 22.6 Å². The van der Waals surface area contributed by atoms with Crippen LogP contribution >= 0.6 is 0 Å². The van der Waals surface area contributed by atoms with E-state index in [2.05, 4.69) is 6.07 Å². The van der Waals surface area contributed by atoms with Gasteiger partial charge in [-0.05, 0) is 41.3 Å². The van der Waals surface area contributed by atoms with E-state index in [-0.39, 0.29) is 12.4 Å². The van der Waals surface area contributed by atoms with Crippen molar-refractivity contribution in [1.29, 1.82) is 5.26 Å². The Morgan fingerprint density at radius 3 is 2.62 bits per heavy atom. The molecule has 0 spiro atoms. The molecule has 29 heavy (non-hydrogen) atoms. The molecule has 1 unspecified atom stereocenters. The van der Waals surface area contributed by atoms with Crippen LogP contribution in [0.1, 0.15) is 33.9 Å². The van der Waals surface area contributed by atoms with Gasteiger partial charge >= 0.3 is 6.09 Å². The lowest BCUT2D eigenvalue weighted by atomic mass is 9.87. The Hall–Kier alpha value is -3.78. The van der Waals surface area contributed by atoms with Crippen LogP contribution in [0.3, 0.4) is 0 Å². The van der Waals surface area contributed by atoms with Gasteiger partial charge in [0.25, 0.3) is 0 Å². The summed E-state index contributed by atoms with van der Waals surface area (Å²) in [5.74, 6) is 0.0477. The first-order chi connectivity index (χ1) is 14.2. The molecule has 0 bridgehead atoms. The van der Waals surface area contributed by atoms with Gasteiger partial charge < -0.3 is 9.84 Å². The number of carbonyl (C=O) groups excluding carboxylic acids is 1. The summed E-state index contributed by atoms with van der Waals surface area (Å²) < 4.78 is 5.57. The first kappa shape index (κ1) is 18.6. The van der Waals surface area contributed by atoms with Gasteiger partial charge in [0, 0.05) is 12.1 Å². The van der Waals surface area contributed by atoms with Gasteiger partial charge in [0.05, 0.1) is 17.7 Å². The van der Waals surface area contributed by atoms with E-state index in [1.807, 2.05) is 54.6 Å². The largest absolute Gasteiger partial charge is 0.508 e. The maximum atomic E-state index is 13.0. The number of rotatable bonds is 3. The Kier molecular flexibility index (Phi) is 5.17. The Morgan fingerprint density at radius 1 is 1.07 bits per heavy atom. The van der Waals surface area contributed by atoms with Gasteiger partial charge in [-0.1, -0.05) is 54.6 Å². The Bertz CT molecular complexity index is 1070. The van der Waals surface area contributed by atoms with Gasteiger partial charge in [-0.25, -0.2) is 4.79 Å². The van der Waals surface area contributed by atoms with Crippen LogP contribution in [0.25, 0.3) is 0 Å². The highest BCUT2D eigenvalue weighted by atomic mass is 16.6. The third kappa shape index (κ3) is 3.78. The number of ether oxygens (including phenoxy) is 1. The lowest BCUT2D eigenvalue weighted by molar-refractivity contribution is 0.0833. The number of fused-ring (bicyclic) bond motifs is 1. The summed E-state index contributed by atoms with van der Waals surface area (Å²) in [4.78, 5) is 14.6. The number of amides is 1. The van der Waals surface area contributed by atoms with Gasteiger partial charge in [-0.15, -0.1) is 0 Å². The molecule has 1 N–H and O–H groups in total. The zero-order chi connectivity index (χ0) is 20.2. The van der Waals surface area contributed by atoms with Crippen LogP contribution in [0, 0.1) is 11.3 Å². The highest BCUT2D eigenvalue weighted by Gasteiger charge is 2.34. The van der Waals surface area contributed by atoms with Crippen LogP contribution in [0.2, 0.25) is 0 Å². The van der Waals surface area contributed by atoms with Crippen molar-refractivity contribution in [3.05, 3.63) is 101 Å². The highest BCUT2D eigenvalue weighted by molar-refractivity contribution is 5.70. The molecule has 1 aliphatic rings. The highest BCUT2D eigenvalue weighted by Crippen LogP contribution is 2.39. The molecule has 0 aromatic heterocycles. The quantitative estimate of drug-likeness (QED) is 0.719. The molecular weight excluding hydrogens is 364 g/mol. The average molecular weight is 384 g/mol. The number of benzene rings is 3. The van der Waals surface area contributed by atoms with Crippen LogP contribution in [0.4, 0.5) is 4.79 Å². The Labute approximate surface area is 169 Å². The first-order valence-corrected chi connectivity index (χ1v) is 9.45. The minimum absolute atomic E-state index is 0.0477. The van der Waals surface area contributed by atoms with Crippen molar-refractivity contribution in [3.8, 4) is 11.8 Å². The smallest absolute Gasteiger partial charge is 0.410 e. The summed E-state index contributed by atoms with van der Waals surface area (Å²) in [7, 11) is 0. The second-order valence-electron chi connectivity index (χ2n) is 6.97. The predicted molar refractivity (Wildman–Crippen MR) is 108 cm³/mol. The molecule has 5 heteroatoms. The lowest BCUT2D eigenvalue weighted by Gasteiger charge is -2.37. The number of hydrogen-bond acceptors (Lipinski definition) is 4. The summed E-state index contributed by atoms with van der Waals surface area (Å²) >= 11 is 0. The minimum atomic E-state index is -0.517. The Morgan fingerprint density at radius 2 is 1.83 bits per heavy atom. The molecule has 4 rings (SSSR count). The number of carbonyl (C=O) groups is 1. The van der Waals surface area contributed by atoms with E-state index in [4.69, 9.17) is 4.74 Å². The number of hydrogen-bond donors (Lipinski definition) is 1. The maximum Gasteiger partial charge on any atom is 0.410 e. The van der Waals surface area contributed by atoms with Crippen molar-refractivity contribution in [2.75, 3.05) is 6.54 Å². The van der Waals surface area contributed by atoms with Crippen LogP contribution < -0.4 is 0 Å². The van der Waals surface area contributed by atoms with Crippen molar-refractivity contribution < 1.29 is 14.6 Å². The van der Waals surface area contributed by atoms with Gasteiger partial charge in [0.1, 0.15) is 12.4 Å². The fourth-order valence-electron chi connectivity index (χ4n) is 3.74. The zero-order valence-corrected chi connectivity index (χ0v) is 15.8. The molecule has 0 fully saturated rings. The maximum absolute atomic E-state index is 13.0. The second kappa shape index (κ2) is 8.07. The monoisotopic (exact) mass is 384 g/mol. The van der Waals surface area contributed by atoms with Gasteiger partial charge in [0.2, 0.25) is 0 Å². The third-order valence-corrected chi connectivity index (χ3v) is 5.17. The number of phenols is 1. The zero-order valence-electron chi connectivity index (χ0n) is 15.8. The molecule has 0 saturated heterocycles. The van der Waals surface area contributed by atoms with E-state index in [9.17, 15) is 15.2 Å². The normalized spacial score (nSPS) is 15.3. The van der Waals surface area contributed by atoms with Crippen LogP contribution in [-0.2, 0) is 17.8 Å². The van der Waals surface area contributed by atoms with Gasteiger partial charge in [-0.3, -0.25) is 4.90 Å². The number of phenolic OH excluding ortho intramolecular Hbond substituents is 1. The fourth-order valence-corrected chi connectivity index (χ4v) is 3.74.